The van der Waals surface area contributed by atoms with Crippen LogP contribution in [0.4, 0.5) is 0 Å². The van der Waals surface area contributed by atoms with Crippen molar-refractivity contribution in [3.8, 4) is 11.5 Å². The van der Waals surface area contributed by atoms with E-state index in [0.29, 0.717) is 17.9 Å². The summed E-state index contributed by atoms with van der Waals surface area (Å²) in [6.07, 6.45) is 1.75. The van der Waals surface area contributed by atoms with Gasteiger partial charge in [-0.05, 0) is 51.5 Å². The normalized spacial score (nSPS) is 12.7. The predicted molar refractivity (Wildman–Crippen MR) is 90.9 cm³/mol. The Balaban J connectivity index is 2.20. The van der Waals surface area contributed by atoms with Crippen LogP contribution in [0.25, 0.3) is 10.9 Å². The molecule has 0 bridgehead atoms. The molecular formula is C18H24N2O3. The molecule has 1 heterocycles. The molecular weight excluding hydrogens is 292 g/mol. The van der Waals surface area contributed by atoms with Crippen molar-refractivity contribution in [3.63, 3.8) is 0 Å². The smallest absolute Gasteiger partial charge is 0.261 e. The number of amides is 1. The van der Waals surface area contributed by atoms with Gasteiger partial charge in [0.2, 0.25) is 0 Å². The van der Waals surface area contributed by atoms with Crippen molar-refractivity contribution >= 4 is 16.8 Å². The van der Waals surface area contributed by atoms with Crippen LogP contribution in [0.3, 0.4) is 0 Å². The number of pyridine rings is 1. The van der Waals surface area contributed by atoms with Crippen LogP contribution in [0.5, 0.6) is 11.5 Å². The van der Waals surface area contributed by atoms with E-state index in [1.807, 2.05) is 52.0 Å². The second kappa shape index (κ2) is 6.86. The number of benzene rings is 1. The summed E-state index contributed by atoms with van der Waals surface area (Å²) in [6.45, 7) is 7.78. The minimum absolute atomic E-state index is 0.108. The van der Waals surface area contributed by atoms with Gasteiger partial charge in [-0.1, -0.05) is 6.92 Å². The van der Waals surface area contributed by atoms with Gasteiger partial charge in [0.15, 0.2) is 6.10 Å². The van der Waals surface area contributed by atoms with Crippen LogP contribution in [-0.4, -0.2) is 29.6 Å². The van der Waals surface area contributed by atoms with E-state index >= 15 is 0 Å². The number of fused-ring (bicyclic) bond motifs is 1. The SMILES string of the molecule is CCC(Oc1ccc2ncc(OC)cc2c1)C(=O)NC(C)(C)C. The van der Waals surface area contributed by atoms with Crippen LogP contribution in [-0.2, 0) is 4.79 Å². The number of ether oxygens (including phenoxy) is 2. The number of carbonyl (C=O) groups is 1. The van der Waals surface area contributed by atoms with Crippen LogP contribution in [0.1, 0.15) is 34.1 Å². The van der Waals surface area contributed by atoms with Crippen LogP contribution < -0.4 is 14.8 Å². The first-order valence-corrected chi connectivity index (χ1v) is 7.75. The number of hydrogen-bond donors (Lipinski definition) is 1. The van der Waals surface area contributed by atoms with Gasteiger partial charge in [-0.25, -0.2) is 0 Å². The number of methoxy groups -OCH3 is 1. The Labute approximate surface area is 137 Å². The summed E-state index contributed by atoms with van der Waals surface area (Å²) in [6, 6.07) is 7.47. The average Bonchev–Trinajstić information content (AvgIpc) is 2.49. The van der Waals surface area contributed by atoms with Crippen LogP contribution >= 0.6 is 0 Å². The first-order valence-electron chi connectivity index (χ1n) is 7.75. The van der Waals surface area contributed by atoms with E-state index in [2.05, 4.69) is 10.3 Å². The van der Waals surface area contributed by atoms with Gasteiger partial charge in [-0.2, -0.15) is 0 Å². The van der Waals surface area contributed by atoms with Crippen LogP contribution in [0, 0.1) is 0 Å². The Morgan fingerprint density at radius 1 is 1.26 bits per heavy atom. The molecule has 0 saturated heterocycles. The standard InChI is InChI=1S/C18H24N2O3/c1-6-16(17(21)20-18(2,3)4)23-13-7-8-15-12(9-13)10-14(22-5)11-19-15/h7-11,16H,6H2,1-5H3,(H,20,21). The highest BCUT2D eigenvalue weighted by molar-refractivity contribution is 5.83. The highest BCUT2D eigenvalue weighted by Crippen LogP contribution is 2.24. The Bertz CT molecular complexity index is 692. The summed E-state index contributed by atoms with van der Waals surface area (Å²) in [4.78, 5) is 16.6. The molecule has 0 aliphatic heterocycles. The molecule has 0 spiro atoms. The molecule has 1 aromatic carbocycles. The van der Waals surface area contributed by atoms with Gasteiger partial charge < -0.3 is 14.8 Å². The van der Waals surface area contributed by atoms with Crippen molar-refractivity contribution in [2.24, 2.45) is 0 Å². The first kappa shape index (κ1) is 17.1. The minimum Gasteiger partial charge on any atom is -0.495 e. The van der Waals surface area contributed by atoms with Crippen molar-refractivity contribution in [3.05, 3.63) is 30.5 Å². The highest BCUT2D eigenvalue weighted by Gasteiger charge is 2.23. The molecule has 0 aliphatic carbocycles. The summed E-state index contributed by atoms with van der Waals surface area (Å²) >= 11 is 0. The molecule has 1 amide bonds. The molecule has 5 heteroatoms. The Morgan fingerprint density at radius 2 is 1.96 bits per heavy atom. The lowest BCUT2D eigenvalue weighted by Gasteiger charge is -2.25. The zero-order valence-electron chi connectivity index (χ0n) is 14.3. The maximum Gasteiger partial charge on any atom is 0.261 e. The Hall–Kier alpha value is -2.30. The second-order valence-electron chi connectivity index (χ2n) is 6.48. The van der Waals surface area contributed by atoms with Gasteiger partial charge in [-0.15, -0.1) is 0 Å². The van der Waals surface area contributed by atoms with Crippen molar-refractivity contribution in [2.75, 3.05) is 7.11 Å². The van der Waals surface area contributed by atoms with Gasteiger partial charge in [0, 0.05) is 10.9 Å². The summed E-state index contributed by atoms with van der Waals surface area (Å²) in [5, 5.41) is 3.86. The monoisotopic (exact) mass is 316 g/mol. The molecule has 23 heavy (non-hydrogen) atoms. The summed E-state index contributed by atoms with van der Waals surface area (Å²) in [5.74, 6) is 1.22. The van der Waals surface area contributed by atoms with E-state index in [-0.39, 0.29) is 11.4 Å². The summed E-state index contributed by atoms with van der Waals surface area (Å²) in [5.41, 5.74) is 0.569. The van der Waals surface area contributed by atoms with E-state index in [0.717, 1.165) is 10.9 Å². The fourth-order valence-electron chi connectivity index (χ4n) is 2.21. The van der Waals surface area contributed by atoms with Gasteiger partial charge in [0.25, 0.3) is 5.91 Å². The first-order chi connectivity index (χ1) is 10.8. The van der Waals surface area contributed by atoms with E-state index < -0.39 is 6.10 Å². The predicted octanol–water partition coefficient (Wildman–Crippen LogP) is 3.32. The van der Waals surface area contributed by atoms with Gasteiger partial charge in [0.1, 0.15) is 11.5 Å². The van der Waals surface area contributed by atoms with Gasteiger partial charge in [0.05, 0.1) is 18.8 Å². The highest BCUT2D eigenvalue weighted by atomic mass is 16.5. The lowest BCUT2D eigenvalue weighted by Crippen LogP contribution is -2.47. The van der Waals surface area contributed by atoms with Crippen LogP contribution in [0.2, 0.25) is 0 Å². The molecule has 0 fully saturated rings. The number of carbonyl (C=O) groups excluding carboxylic acids is 1. The number of aromatic nitrogens is 1. The van der Waals surface area contributed by atoms with Crippen LogP contribution in [0.15, 0.2) is 30.5 Å². The van der Waals surface area contributed by atoms with Gasteiger partial charge in [-0.3, -0.25) is 9.78 Å². The number of nitrogens with one attached hydrogen (secondary N) is 1. The van der Waals surface area contributed by atoms with Gasteiger partial charge >= 0.3 is 0 Å². The molecule has 2 rings (SSSR count). The molecule has 124 valence electrons. The van der Waals surface area contributed by atoms with E-state index in [4.69, 9.17) is 9.47 Å². The van der Waals surface area contributed by atoms with Crippen molar-refractivity contribution in [2.45, 2.75) is 45.8 Å². The quantitative estimate of drug-likeness (QED) is 0.919. The maximum absolute atomic E-state index is 12.3. The molecule has 2 aromatic rings. The summed E-state index contributed by atoms with van der Waals surface area (Å²) in [7, 11) is 1.60. The number of rotatable bonds is 5. The lowest BCUT2D eigenvalue weighted by atomic mass is 10.1. The third-order valence-corrected chi connectivity index (χ3v) is 3.30. The topological polar surface area (TPSA) is 60.5 Å². The van der Waals surface area contributed by atoms with Crippen molar-refractivity contribution in [1.82, 2.24) is 10.3 Å². The summed E-state index contributed by atoms with van der Waals surface area (Å²) < 4.78 is 11.1. The molecule has 5 nitrogen and oxygen atoms in total. The fourth-order valence-corrected chi connectivity index (χ4v) is 2.21. The Morgan fingerprint density at radius 3 is 2.57 bits per heavy atom. The molecule has 1 aromatic heterocycles. The van der Waals surface area contributed by atoms with E-state index in [1.54, 1.807) is 13.3 Å². The minimum atomic E-state index is -0.523. The molecule has 1 atom stereocenters. The van der Waals surface area contributed by atoms with Crippen molar-refractivity contribution < 1.29 is 14.3 Å². The lowest BCUT2D eigenvalue weighted by molar-refractivity contribution is -0.129. The van der Waals surface area contributed by atoms with E-state index in [1.165, 1.54) is 0 Å². The largest absolute Gasteiger partial charge is 0.495 e. The zero-order chi connectivity index (χ0) is 17.0. The fraction of sp³-hybridized carbons (Fsp3) is 0.444. The Kier molecular flexibility index (Phi) is 5.08. The maximum atomic E-state index is 12.3. The molecule has 0 aliphatic rings. The average molecular weight is 316 g/mol. The molecule has 0 saturated carbocycles. The zero-order valence-corrected chi connectivity index (χ0v) is 14.3. The third kappa shape index (κ3) is 4.58. The molecule has 1 N–H and O–H groups in total. The number of nitrogens with zero attached hydrogens (tertiary/aromatic N) is 1. The number of hydrogen-bond acceptors (Lipinski definition) is 4. The molecule has 1 unspecified atom stereocenters. The second-order valence-corrected chi connectivity index (χ2v) is 6.48. The third-order valence-electron chi connectivity index (χ3n) is 3.30. The molecule has 0 radical (unpaired) electrons. The van der Waals surface area contributed by atoms with E-state index in [9.17, 15) is 4.79 Å². The van der Waals surface area contributed by atoms with Crippen molar-refractivity contribution in [1.29, 1.82) is 0 Å².